The van der Waals surface area contributed by atoms with Crippen molar-refractivity contribution in [3.63, 3.8) is 0 Å². The Morgan fingerprint density at radius 1 is 1.23 bits per heavy atom. The van der Waals surface area contributed by atoms with Crippen LogP contribution in [0.5, 0.6) is 0 Å². The highest BCUT2D eigenvalue weighted by molar-refractivity contribution is 7.88. The van der Waals surface area contributed by atoms with E-state index >= 15 is 0 Å². The van der Waals surface area contributed by atoms with E-state index in [0.29, 0.717) is 16.9 Å². The van der Waals surface area contributed by atoms with E-state index in [4.69, 9.17) is 4.74 Å². The van der Waals surface area contributed by atoms with Crippen molar-refractivity contribution >= 4 is 44.4 Å². The molecule has 0 atom stereocenters. The van der Waals surface area contributed by atoms with Crippen LogP contribution in [0.1, 0.15) is 42.0 Å². The number of sulfonamides is 1. The summed E-state index contributed by atoms with van der Waals surface area (Å²) >= 11 is 2.72. The van der Waals surface area contributed by atoms with Gasteiger partial charge in [0.25, 0.3) is 0 Å². The molecule has 0 aliphatic heterocycles. The second kappa shape index (κ2) is 9.43. The number of Topliss-reactive ketones (excluding diaryl/α,β-unsaturated/α-hetero) is 1. The van der Waals surface area contributed by atoms with Crippen LogP contribution in [0.2, 0.25) is 0 Å². The fraction of sp³-hybridized carbons (Fsp3) is 0.350. The molecule has 0 aromatic carbocycles. The summed E-state index contributed by atoms with van der Waals surface area (Å²) in [6.45, 7) is 5.55. The first-order valence-corrected chi connectivity index (χ1v) is 13.0. The van der Waals surface area contributed by atoms with Gasteiger partial charge < -0.3 is 4.74 Å². The molecule has 166 valence electrons. The number of nitrogens with one attached hydrogen (secondary N) is 1. The van der Waals surface area contributed by atoms with E-state index in [0.717, 1.165) is 33.3 Å². The van der Waals surface area contributed by atoms with E-state index < -0.39 is 16.0 Å². The molecular weight excluding hydrogens is 458 g/mol. The third-order valence-corrected chi connectivity index (χ3v) is 7.26. The number of nitrogens with zero attached hydrogens (tertiary/aromatic N) is 2. The fourth-order valence-corrected chi connectivity index (χ4v) is 5.33. The van der Waals surface area contributed by atoms with Crippen LogP contribution in [0, 0.1) is 20.8 Å². The number of hydrogen-bond donors (Lipinski definition) is 1. The average Bonchev–Trinajstić information content (AvgIpc) is 3.38. The molecule has 0 saturated carbocycles. The maximum atomic E-state index is 12.7. The molecule has 0 amide bonds. The molecule has 0 aliphatic rings. The van der Waals surface area contributed by atoms with Crippen molar-refractivity contribution in [2.45, 2.75) is 27.2 Å². The molecule has 1 N–H and O–H groups in total. The van der Waals surface area contributed by atoms with Gasteiger partial charge in [0.2, 0.25) is 15.8 Å². The van der Waals surface area contributed by atoms with Crippen molar-refractivity contribution < 1.29 is 22.7 Å². The molecule has 0 saturated heterocycles. The van der Waals surface area contributed by atoms with Crippen molar-refractivity contribution in [2.24, 2.45) is 0 Å². The molecule has 0 bridgehead atoms. The fourth-order valence-electron chi connectivity index (χ4n) is 3.05. The van der Waals surface area contributed by atoms with Crippen LogP contribution in [-0.4, -0.2) is 49.1 Å². The van der Waals surface area contributed by atoms with Crippen LogP contribution in [0.15, 0.2) is 23.6 Å². The quantitative estimate of drug-likeness (QED) is 0.372. The molecule has 0 spiro atoms. The van der Waals surface area contributed by atoms with Gasteiger partial charge in [0.05, 0.1) is 11.9 Å². The van der Waals surface area contributed by atoms with Crippen LogP contribution in [0.25, 0.3) is 5.13 Å². The number of esters is 1. The number of aryl methyl sites for hydroxylation is 2. The zero-order valence-corrected chi connectivity index (χ0v) is 20.0. The Hall–Kier alpha value is -2.34. The number of rotatable bonds is 9. The summed E-state index contributed by atoms with van der Waals surface area (Å²) in [6, 6.07) is 5.14. The van der Waals surface area contributed by atoms with Gasteiger partial charge in [0, 0.05) is 33.8 Å². The smallest absolute Gasteiger partial charge is 0.348 e. The third kappa shape index (κ3) is 5.88. The topological polar surface area (TPSA) is 107 Å². The predicted molar refractivity (Wildman–Crippen MR) is 121 cm³/mol. The zero-order chi connectivity index (χ0) is 22.8. The molecule has 11 heteroatoms. The maximum Gasteiger partial charge on any atom is 0.348 e. The van der Waals surface area contributed by atoms with Gasteiger partial charge in [-0.2, -0.15) is 0 Å². The minimum absolute atomic E-state index is 0.251. The molecule has 0 radical (unpaired) electrons. The van der Waals surface area contributed by atoms with Crippen LogP contribution < -0.4 is 4.72 Å². The van der Waals surface area contributed by atoms with Gasteiger partial charge in [-0.15, -0.1) is 22.7 Å². The Morgan fingerprint density at radius 3 is 2.61 bits per heavy atom. The van der Waals surface area contributed by atoms with Crippen LogP contribution in [0.4, 0.5) is 0 Å². The van der Waals surface area contributed by atoms with Crippen LogP contribution in [-0.2, 0) is 21.2 Å². The van der Waals surface area contributed by atoms with Crippen molar-refractivity contribution in [3.05, 3.63) is 56.0 Å². The number of carbonyl (C=O) groups is 2. The van der Waals surface area contributed by atoms with Gasteiger partial charge in [0.1, 0.15) is 4.88 Å². The second-order valence-electron chi connectivity index (χ2n) is 7.07. The van der Waals surface area contributed by atoms with E-state index in [1.165, 1.54) is 22.7 Å². The first kappa shape index (κ1) is 23.3. The lowest BCUT2D eigenvalue weighted by Gasteiger charge is -2.06. The normalized spacial score (nSPS) is 11.6. The molecular formula is C20H23N3O5S3. The summed E-state index contributed by atoms with van der Waals surface area (Å²) in [4.78, 5) is 30.7. The van der Waals surface area contributed by atoms with Crippen molar-refractivity contribution in [3.8, 4) is 5.13 Å². The maximum absolute atomic E-state index is 12.7. The molecule has 3 rings (SSSR count). The van der Waals surface area contributed by atoms with Gasteiger partial charge in [-0.25, -0.2) is 22.9 Å². The monoisotopic (exact) mass is 481 g/mol. The zero-order valence-electron chi connectivity index (χ0n) is 17.6. The number of ketones is 1. The number of thiophene rings is 1. The molecule has 0 aliphatic carbocycles. The van der Waals surface area contributed by atoms with Crippen molar-refractivity contribution in [1.29, 1.82) is 0 Å². The third-order valence-electron chi connectivity index (χ3n) is 4.46. The van der Waals surface area contributed by atoms with E-state index in [9.17, 15) is 18.0 Å². The predicted octanol–water partition coefficient (Wildman–Crippen LogP) is 3.05. The standard InChI is InChI=1S/C20H23N3O5S3/c1-12-11-29-20(22-12)23-13(2)9-16(14(23)3)17(24)10-28-19(25)18-6-5-15(30-18)7-8-21-31(4,26)27/h5-6,9,11,21H,7-8,10H2,1-4H3. The van der Waals surface area contributed by atoms with E-state index in [2.05, 4.69) is 9.71 Å². The van der Waals surface area contributed by atoms with E-state index in [1.54, 1.807) is 18.2 Å². The van der Waals surface area contributed by atoms with Crippen molar-refractivity contribution in [2.75, 3.05) is 19.4 Å². The van der Waals surface area contributed by atoms with Gasteiger partial charge >= 0.3 is 5.97 Å². The first-order valence-electron chi connectivity index (χ1n) is 9.40. The Kier molecular flexibility index (Phi) is 7.10. The molecule has 3 aromatic heterocycles. The van der Waals surface area contributed by atoms with Crippen molar-refractivity contribution in [1.82, 2.24) is 14.3 Å². The molecule has 0 fully saturated rings. The molecule has 3 heterocycles. The highest BCUT2D eigenvalue weighted by Crippen LogP contribution is 2.24. The molecule has 3 aromatic rings. The number of thiazole rings is 1. The Labute approximate surface area is 188 Å². The highest BCUT2D eigenvalue weighted by atomic mass is 32.2. The first-order chi connectivity index (χ1) is 14.5. The Bertz CT molecular complexity index is 1220. The second-order valence-corrected chi connectivity index (χ2v) is 10.9. The summed E-state index contributed by atoms with van der Waals surface area (Å²) in [5.74, 6) is -0.861. The number of aromatic nitrogens is 2. The SMILES string of the molecule is Cc1csc(-n2c(C)cc(C(=O)COC(=O)c3ccc(CCNS(C)(=O)=O)s3)c2C)n1. The lowest BCUT2D eigenvalue weighted by molar-refractivity contribution is 0.0479. The number of ether oxygens (including phenoxy) is 1. The Morgan fingerprint density at radius 2 is 1.97 bits per heavy atom. The minimum atomic E-state index is -3.25. The lowest BCUT2D eigenvalue weighted by Crippen LogP contribution is -2.24. The van der Waals surface area contributed by atoms with E-state index in [-0.39, 0.29) is 18.9 Å². The highest BCUT2D eigenvalue weighted by Gasteiger charge is 2.20. The van der Waals surface area contributed by atoms with Gasteiger partial charge in [-0.3, -0.25) is 9.36 Å². The minimum Gasteiger partial charge on any atom is -0.453 e. The van der Waals surface area contributed by atoms with E-state index in [1.807, 2.05) is 30.7 Å². The molecule has 8 nitrogen and oxygen atoms in total. The summed E-state index contributed by atoms with van der Waals surface area (Å²) in [5, 5.41) is 2.74. The molecule has 0 unspecified atom stereocenters. The van der Waals surface area contributed by atoms with Gasteiger partial charge in [0.15, 0.2) is 11.7 Å². The summed E-state index contributed by atoms with van der Waals surface area (Å²) in [7, 11) is -3.25. The average molecular weight is 482 g/mol. The van der Waals surface area contributed by atoms with Crippen LogP contribution in [0.3, 0.4) is 0 Å². The lowest BCUT2D eigenvalue weighted by atomic mass is 10.1. The van der Waals surface area contributed by atoms with Gasteiger partial charge in [-0.05, 0) is 45.4 Å². The summed E-state index contributed by atoms with van der Waals surface area (Å²) in [6.07, 6.45) is 1.56. The summed E-state index contributed by atoms with van der Waals surface area (Å²) in [5.41, 5.74) is 3.05. The van der Waals surface area contributed by atoms with Crippen LogP contribution >= 0.6 is 22.7 Å². The summed E-state index contributed by atoms with van der Waals surface area (Å²) < 4.78 is 31.8. The largest absolute Gasteiger partial charge is 0.453 e. The number of carbonyl (C=O) groups excluding carboxylic acids is 2. The molecule has 31 heavy (non-hydrogen) atoms. The van der Waals surface area contributed by atoms with Gasteiger partial charge in [-0.1, -0.05) is 0 Å². The Balaban J connectivity index is 1.61. The number of hydrogen-bond acceptors (Lipinski definition) is 8.